The zero-order valence-corrected chi connectivity index (χ0v) is 20.6. The summed E-state index contributed by atoms with van der Waals surface area (Å²) in [5.74, 6) is 0.426. The Morgan fingerprint density at radius 3 is 2.82 bits per heavy atom. The Hall–Kier alpha value is -3.68. The van der Waals surface area contributed by atoms with Gasteiger partial charge < -0.3 is 19.0 Å². The first-order chi connectivity index (χ1) is 16.2. The highest BCUT2D eigenvalue weighted by molar-refractivity contribution is 7.14. The summed E-state index contributed by atoms with van der Waals surface area (Å²) in [6, 6.07) is 7.56. The molecule has 0 fully saturated rings. The number of carbonyl (C=O) groups is 2. The molecule has 0 aliphatic heterocycles. The largest absolute Gasteiger partial charge is 0.458 e. The Kier molecular flexibility index (Phi) is 8.04. The maximum Gasteiger partial charge on any atom is 0.268 e. The second kappa shape index (κ2) is 11.0. The van der Waals surface area contributed by atoms with Crippen LogP contribution in [0.2, 0.25) is 0 Å². The molecule has 0 saturated carbocycles. The molecule has 3 heterocycles. The SMILES string of the molecule is COCC(C)n1c(C)cc(/C=C(\C#N)C(=O)Nc2nc(-c3ccc(CNC(C)=O)o3)cs2)c1C. The van der Waals surface area contributed by atoms with Crippen LogP contribution in [0.5, 0.6) is 0 Å². The van der Waals surface area contributed by atoms with Gasteiger partial charge >= 0.3 is 0 Å². The number of thiazole rings is 1. The maximum atomic E-state index is 12.8. The number of furan rings is 1. The van der Waals surface area contributed by atoms with Crippen LogP contribution >= 0.6 is 11.3 Å². The van der Waals surface area contributed by atoms with Gasteiger partial charge in [-0.1, -0.05) is 0 Å². The summed E-state index contributed by atoms with van der Waals surface area (Å²) in [7, 11) is 1.66. The molecule has 2 amide bonds. The van der Waals surface area contributed by atoms with Gasteiger partial charge in [-0.15, -0.1) is 11.3 Å². The molecular formula is C24H27N5O4S. The first kappa shape index (κ1) is 25.0. The van der Waals surface area contributed by atoms with Gasteiger partial charge in [0.25, 0.3) is 5.91 Å². The number of nitrogens with one attached hydrogen (secondary N) is 2. The van der Waals surface area contributed by atoms with Crippen LogP contribution in [-0.4, -0.2) is 35.1 Å². The van der Waals surface area contributed by atoms with Crippen LogP contribution in [0.3, 0.4) is 0 Å². The lowest BCUT2D eigenvalue weighted by Crippen LogP contribution is -2.18. The van der Waals surface area contributed by atoms with Crippen LogP contribution in [0.25, 0.3) is 17.5 Å². The van der Waals surface area contributed by atoms with Crippen LogP contribution in [0.1, 0.15) is 42.6 Å². The molecule has 0 aliphatic carbocycles. The molecule has 34 heavy (non-hydrogen) atoms. The predicted octanol–water partition coefficient (Wildman–Crippen LogP) is 4.21. The molecule has 178 valence electrons. The van der Waals surface area contributed by atoms with Crippen molar-refractivity contribution >= 4 is 34.4 Å². The second-order valence-corrected chi connectivity index (χ2v) is 8.70. The van der Waals surface area contributed by atoms with Crippen LogP contribution in [0, 0.1) is 25.2 Å². The highest BCUT2D eigenvalue weighted by Crippen LogP contribution is 2.27. The summed E-state index contributed by atoms with van der Waals surface area (Å²) in [5, 5.41) is 17.1. The third-order valence-corrected chi connectivity index (χ3v) is 5.95. The van der Waals surface area contributed by atoms with Gasteiger partial charge in [0, 0.05) is 30.8 Å². The van der Waals surface area contributed by atoms with E-state index >= 15 is 0 Å². The fraction of sp³-hybridized carbons (Fsp3) is 0.333. The lowest BCUT2D eigenvalue weighted by molar-refractivity contribution is -0.119. The minimum absolute atomic E-state index is 0.0213. The minimum Gasteiger partial charge on any atom is -0.458 e. The molecule has 1 unspecified atom stereocenters. The van der Waals surface area contributed by atoms with Gasteiger partial charge in [-0.05, 0) is 50.6 Å². The van der Waals surface area contributed by atoms with Crippen molar-refractivity contribution in [3.63, 3.8) is 0 Å². The molecule has 9 nitrogen and oxygen atoms in total. The Morgan fingerprint density at radius 2 is 2.15 bits per heavy atom. The average Bonchev–Trinajstić information content (AvgIpc) is 3.50. The fourth-order valence-corrected chi connectivity index (χ4v) is 4.37. The summed E-state index contributed by atoms with van der Waals surface area (Å²) in [5.41, 5.74) is 3.30. The van der Waals surface area contributed by atoms with Gasteiger partial charge in [0.2, 0.25) is 5.91 Å². The molecule has 3 aromatic rings. The van der Waals surface area contributed by atoms with Crippen molar-refractivity contribution in [1.29, 1.82) is 5.26 Å². The molecule has 0 aromatic carbocycles. The van der Waals surface area contributed by atoms with Crippen LogP contribution in [0.4, 0.5) is 5.13 Å². The highest BCUT2D eigenvalue weighted by Gasteiger charge is 2.17. The van der Waals surface area contributed by atoms with E-state index in [9.17, 15) is 14.9 Å². The Bertz CT molecular complexity index is 1260. The topological polar surface area (TPSA) is 122 Å². The van der Waals surface area contributed by atoms with E-state index in [4.69, 9.17) is 9.15 Å². The predicted molar refractivity (Wildman–Crippen MR) is 130 cm³/mol. The summed E-state index contributed by atoms with van der Waals surface area (Å²) < 4.78 is 13.1. The van der Waals surface area contributed by atoms with Crippen LogP contribution in [0.15, 0.2) is 33.6 Å². The van der Waals surface area contributed by atoms with Gasteiger partial charge in [-0.3, -0.25) is 14.9 Å². The zero-order valence-electron chi connectivity index (χ0n) is 19.8. The zero-order chi connectivity index (χ0) is 24.8. The molecular weight excluding hydrogens is 454 g/mol. The van der Waals surface area contributed by atoms with E-state index in [-0.39, 0.29) is 24.1 Å². The van der Waals surface area contributed by atoms with Gasteiger partial charge in [0.15, 0.2) is 10.9 Å². The number of amides is 2. The van der Waals surface area contributed by atoms with Crippen molar-refractivity contribution in [3.05, 3.63) is 51.9 Å². The number of anilines is 1. The van der Waals surface area contributed by atoms with Gasteiger partial charge in [0.1, 0.15) is 23.1 Å². The summed E-state index contributed by atoms with van der Waals surface area (Å²) in [6.45, 7) is 8.26. The first-order valence-corrected chi connectivity index (χ1v) is 11.5. The van der Waals surface area contributed by atoms with E-state index in [1.54, 1.807) is 30.7 Å². The molecule has 3 aromatic heterocycles. The number of aromatic nitrogens is 2. The number of carbonyl (C=O) groups excluding carboxylic acids is 2. The summed E-state index contributed by atoms with van der Waals surface area (Å²) >= 11 is 1.23. The van der Waals surface area contributed by atoms with Crippen molar-refractivity contribution in [2.24, 2.45) is 0 Å². The van der Waals surface area contributed by atoms with Crippen LogP contribution < -0.4 is 10.6 Å². The number of hydrogen-bond acceptors (Lipinski definition) is 7. The Balaban J connectivity index is 1.74. The van der Waals surface area contributed by atoms with Crippen molar-refractivity contribution in [2.75, 3.05) is 19.0 Å². The van der Waals surface area contributed by atoms with E-state index in [2.05, 4.69) is 27.1 Å². The number of nitriles is 1. The molecule has 3 rings (SSSR count). The number of ether oxygens (including phenoxy) is 1. The van der Waals surface area contributed by atoms with Crippen LogP contribution in [-0.2, 0) is 20.9 Å². The average molecular weight is 482 g/mol. The van der Waals surface area contributed by atoms with E-state index < -0.39 is 5.91 Å². The molecule has 2 N–H and O–H groups in total. The van der Waals surface area contributed by atoms with Crippen molar-refractivity contribution in [1.82, 2.24) is 14.9 Å². The quantitative estimate of drug-likeness (QED) is 0.349. The number of nitrogens with zero attached hydrogens (tertiary/aromatic N) is 3. The maximum absolute atomic E-state index is 12.8. The minimum atomic E-state index is -0.538. The first-order valence-electron chi connectivity index (χ1n) is 10.6. The molecule has 10 heteroatoms. The molecule has 1 atom stereocenters. The Labute approximate surface area is 202 Å². The molecule has 0 aliphatic rings. The number of methoxy groups -OCH3 is 1. The monoisotopic (exact) mass is 481 g/mol. The second-order valence-electron chi connectivity index (χ2n) is 7.84. The fourth-order valence-electron chi connectivity index (χ4n) is 3.68. The number of aryl methyl sites for hydroxylation is 1. The lowest BCUT2D eigenvalue weighted by atomic mass is 10.1. The van der Waals surface area contributed by atoms with Gasteiger partial charge in [0.05, 0.1) is 19.2 Å². The third kappa shape index (κ3) is 5.81. The van der Waals surface area contributed by atoms with Crippen molar-refractivity contribution in [3.8, 4) is 17.5 Å². The van der Waals surface area contributed by atoms with E-state index in [0.29, 0.717) is 29.0 Å². The smallest absolute Gasteiger partial charge is 0.268 e. The highest BCUT2D eigenvalue weighted by atomic mass is 32.1. The number of hydrogen-bond donors (Lipinski definition) is 2. The van der Waals surface area contributed by atoms with Crippen molar-refractivity contribution < 1.29 is 18.7 Å². The van der Waals surface area contributed by atoms with Gasteiger partial charge in [-0.2, -0.15) is 5.26 Å². The molecule has 0 bridgehead atoms. The standard InChI is InChI=1S/C24H27N5O4S/c1-14-8-18(16(3)29(14)15(2)12-32-5)9-19(10-25)23(31)28-24-27-21(13-34-24)22-7-6-20(33-22)11-26-17(4)30/h6-9,13,15H,11-12H2,1-5H3,(H,26,30)(H,27,28,31)/b19-9+. The molecule has 0 spiro atoms. The lowest BCUT2D eigenvalue weighted by Gasteiger charge is -2.17. The molecule has 0 radical (unpaired) electrons. The summed E-state index contributed by atoms with van der Waals surface area (Å²) in [6.07, 6.45) is 1.59. The third-order valence-electron chi connectivity index (χ3n) is 5.19. The Morgan fingerprint density at radius 1 is 1.38 bits per heavy atom. The van der Waals surface area contributed by atoms with E-state index in [1.165, 1.54) is 18.3 Å². The molecule has 0 saturated heterocycles. The number of rotatable bonds is 9. The summed E-state index contributed by atoms with van der Waals surface area (Å²) in [4.78, 5) is 28.2. The van der Waals surface area contributed by atoms with Gasteiger partial charge in [-0.25, -0.2) is 4.98 Å². The normalized spacial score (nSPS) is 12.3. The van der Waals surface area contributed by atoms with Crippen molar-refractivity contribution in [2.45, 2.75) is 40.3 Å². The van der Waals surface area contributed by atoms with E-state index in [1.807, 2.05) is 26.0 Å². The van der Waals surface area contributed by atoms with E-state index in [0.717, 1.165) is 17.0 Å².